The zero-order valence-corrected chi connectivity index (χ0v) is 11.8. The molecule has 1 aromatic carbocycles. The summed E-state index contributed by atoms with van der Waals surface area (Å²) >= 11 is 5.99. The highest BCUT2D eigenvalue weighted by atomic mass is 35.5. The Morgan fingerprint density at radius 1 is 1.47 bits per heavy atom. The van der Waals surface area contributed by atoms with Crippen molar-refractivity contribution >= 4 is 11.6 Å². The smallest absolute Gasteiger partial charge is 0.149 e. The molecular weight excluding hydrogens is 265 g/mol. The third kappa shape index (κ3) is 2.96. The lowest BCUT2D eigenvalue weighted by Gasteiger charge is -2.14. The number of nitrogens with two attached hydrogens (primary N) is 1. The Morgan fingerprint density at radius 2 is 2.21 bits per heavy atom. The number of nitrogens with zero attached hydrogens (tertiary/aromatic N) is 2. The van der Waals surface area contributed by atoms with Crippen LogP contribution in [0.3, 0.4) is 0 Å². The van der Waals surface area contributed by atoms with E-state index < -0.39 is 0 Å². The Hall–Kier alpha value is -1.39. The number of rotatable bonds is 4. The molecule has 0 radical (unpaired) electrons. The molecule has 2 N–H and O–H groups in total. The van der Waals surface area contributed by atoms with E-state index in [2.05, 4.69) is 5.10 Å². The third-order valence-corrected chi connectivity index (χ3v) is 3.52. The summed E-state index contributed by atoms with van der Waals surface area (Å²) in [7, 11) is 0. The summed E-state index contributed by atoms with van der Waals surface area (Å²) in [6, 6.07) is 4.99. The molecule has 0 amide bonds. The van der Waals surface area contributed by atoms with Crippen molar-refractivity contribution in [1.82, 2.24) is 9.78 Å². The average Bonchev–Trinajstić information content (AvgIpc) is 2.69. The molecule has 0 saturated heterocycles. The molecule has 0 aliphatic heterocycles. The van der Waals surface area contributed by atoms with Crippen LogP contribution in [0.25, 0.3) is 5.69 Å². The maximum absolute atomic E-state index is 14.1. The Labute approximate surface area is 117 Å². The van der Waals surface area contributed by atoms with Crippen molar-refractivity contribution in [2.75, 3.05) is 0 Å². The average molecular weight is 282 g/mol. The van der Waals surface area contributed by atoms with E-state index in [0.29, 0.717) is 22.8 Å². The number of halogens is 2. The molecule has 1 atom stereocenters. The summed E-state index contributed by atoms with van der Waals surface area (Å²) < 4.78 is 15.6. The zero-order chi connectivity index (χ0) is 14.0. The Morgan fingerprint density at radius 3 is 2.79 bits per heavy atom. The maximum atomic E-state index is 14.1. The number of hydrogen-bond donors (Lipinski definition) is 1. The van der Waals surface area contributed by atoms with E-state index in [0.717, 1.165) is 12.0 Å². The largest absolute Gasteiger partial charge is 0.327 e. The van der Waals surface area contributed by atoms with Crippen LogP contribution >= 0.6 is 11.6 Å². The number of para-hydroxylation sites is 1. The number of aromatic nitrogens is 2. The van der Waals surface area contributed by atoms with E-state index in [9.17, 15) is 4.39 Å². The SMILES string of the molecule is CCC(N)Cc1cccc(F)c1-n1cc(Cl)c(C)n1. The van der Waals surface area contributed by atoms with Crippen molar-refractivity contribution in [3.05, 3.63) is 46.5 Å². The van der Waals surface area contributed by atoms with Crippen LogP contribution in [0, 0.1) is 12.7 Å². The number of benzene rings is 1. The lowest BCUT2D eigenvalue weighted by molar-refractivity contribution is 0.596. The van der Waals surface area contributed by atoms with E-state index in [1.54, 1.807) is 19.2 Å². The van der Waals surface area contributed by atoms with E-state index in [4.69, 9.17) is 17.3 Å². The van der Waals surface area contributed by atoms with Crippen LogP contribution in [0.15, 0.2) is 24.4 Å². The quantitative estimate of drug-likeness (QED) is 0.935. The van der Waals surface area contributed by atoms with E-state index in [1.807, 2.05) is 13.0 Å². The first-order valence-corrected chi connectivity index (χ1v) is 6.65. The van der Waals surface area contributed by atoms with Gasteiger partial charge in [0, 0.05) is 12.2 Å². The van der Waals surface area contributed by atoms with E-state index >= 15 is 0 Å². The van der Waals surface area contributed by atoms with Gasteiger partial charge in [0.05, 0.1) is 10.7 Å². The Kier molecular flexibility index (Phi) is 4.22. The molecular formula is C14H17ClFN3. The van der Waals surface area contributed by atoms with Gasteiger partial charge in [-0.1, -0.05) is 30.7 Å². The molecule has 0 spiro atoms. The van der Waals surface area contributed by atoms with Gasteiger partial charge >= 0.3 is 0 Å². The lowest BCUT2D eigenvalue weighted by atomic mass is 10.0. The van der Waals surface area contributed by atoms with Gasteiger partial charge in [-0.3, -0.25) is 0 Å². The monoisotopic (exact) mass is 281 g/mol. The molecule has 0 aliphatic rings. The van der Waals surface area contributed by atoms with Crippen LogP contribution in [0.1, 0.15) is 24.6 Å². The van der Waals surface area contributed by atoms with Gasteiger partial charge < -0.3 is 5.73 Å². The first-order valence-electron chi connectivity index (χ1n) is 6.28. The van der Waals surface area contributed by atoms with E-state index in [1.165, 1.54) is 10.7 Å². The summed E-state index contributed by atoms with van der Waals surface area (Å²) in [6.45, 7) is 3.80. The highest BCUT2D eigenvalue weighted by Gasteiger charge is 2.15. The zero-order valence-electron chi connectivity index (χ0n) is 11.0. The van der Waals surface area contributed by atoms with Gasteiger partial charge in [0.2, 0.25) is 0 Å². The van der Waals surface area contributed by atoms with Crippen LogP contribution in [0.2, 0.25) is 5.02 Å². The summed E-state index contributed by atoms with van der Waals surface area (Å²) in [5.74, 6) is -0.319. The predicted molar refractivity (Wildman–Crippen MR) is 75.2 cm³/mol. The fourth-order valence-electron chi connectivity index (χ4n) is 1.96. The molecule has 0 fully saturated rings. The summed E-state index contributed by atoms with van der Waals surface area (Å²) in [5.41, 5.74) is 7.91. The maximum Gasteiger partial charge on any atom is 0.149 e. The standard InChI is InChI=1S/C14H17ClFN3/c1-3-11(17)7-10-5-4-6-13(16)14(10)19-8-12(15)9(2)18-19/h4-6,8,11H,3,7,17H2,1-2H3. The normalized spacial score (nSPS) is 12.7. The predicted octanol–water partition coefficient (Wildman–Crippen LogP) is 3.25. The molecule has 19 heavy (non-hydrogen) atoms. The van der Waals surface area contributed by atoms with Gasteiger partial charge in [0.25, 0.3) is 0 Å². The van der Waals surface area contributed by atoms with Crippen LogP contribution in [0.5, 0.6) is 0 Å². The highest BCUT2D eigenvalue weighted by Crippen LogP contribution is 2.23. The minimum atomic E-state index is -0.319. The summed E-state index contributed by atoms with van der Waals surface area (Å²) in [4.78, 5) is 0. The van der Waals surface area contributed by atoms with Gasteiger partial charge in [0.1, 0.15) is 11.5 Å². The first kappa shape index (κ1) is 14.0. The lowest BCUT2D eigenvalue weighted by Crippen LogP contribution is -2.22. The number of hydrogen-bond acceptors (Lipinski definition) is 2. The van der Waals surface area contributed by atoms with Crippen LogP contribution < -0.4 is 5.73 Å². The van der Waals surface area contributed by atoms with Crippen molar-refractivity contribution in [2.45, 2.75) is 32.7 Å². The highest BCUT2D eigenvalue weighted by molar-refractivity contribution is 6.31. The minimum Gasteiger partial charge on any atom is -0.327 e. The summed E-state index contributed by atoms with van der Waals surface area (Å²) in [5, 5.41) is 4.76. The van der Waals surface area contributed by atoms with Crippen LogP contribution in [-0.4, -0.2) is 15.8 Å². The second kappa shape index (κ2) is 5.72. The topological polar surface area (TPSA) is 43.8 Å². The van der Waals surface area contributed by atoms with Gasteiger partial charge in [-0.2, -0.15) is 5.10 Å². The van der Waals surface area contributed by atoms with Gasteiger partial charge in [-0.25, -0.2) is 9.07 Å². The van der Waals surface area contributed by atoms with Crippen molar-refractivity contribution in [3.8, 4) is 5.69 Å². The molecule has 0 aliphatic carbocycles. The van der Waals surface area contributed by atoms with Crippen LogP contribution in [-0.2, 0) is 6.42 Å². The van der Waals surface area contributed by atoms with Crippen molar-refractivity contribution < 1.29 is 4.39 Å². The molecule has 0 bridgehead atoms. The molecule has 2 rings (SSSR count). The van der Waals surface area contributed by atoms with Crippen LogP contribution in [0.4, 0.5) is 4.39 Å². The fraction of sp³-hybridized carbons (Fsp3) is 0.357. The molecule has 1 aromatic heterocycles. The van der Waals surface area contributed by atoms with Gasteiger partial charge in [-0.15, -0.1) is 0 Å². The summed E-state index contributed by atoms with van der Waals surface area (Å²) in [6.07, 6.45) is 3.07. The Bertz CT molecular complexity index is 561. The molecule has 1 heterocycles. The molecule has 5 heteroatoms. The fourth-order valence-corrected chi connectivity index (χ4v) is 2.09. The molecule has 0 saturated carbocycles. The van der Waals surface area contributed by atoms with Gasteiger partial charge in [-0.05, 0) is 31.4 Å². The van der Waals surface area contributed by atoms with E-state index in [-0.39, 0.29) is 11.9 Å². The van der Waals surface area contributed by atoms with Crippen molar-refractivity contribution in [3.63, 3.8) is 0 Å². The third-order valence-electron chi connectivity index (χ3n) is 3.14. The molecule has 102 valence electrons. The van der Waals surface area contributed by atoms with Gasteiger partial charge in [0.15, 0.2) is 0 Å². The first-order chi connectivity index (χ1) is 9.02. The van der Waals surface area contributed by atoms with Crippen molar-refractivity contribution in [1.29, 1.82) is 0 Å². The molecule has 3 nitrogen and oxygen atoms in total. The second-order valence-corrected chi connectivity index (χ2v) is 5.03. The Balaban J connectivity index is 2.48. The second-order valence-electron chi connectivity index (χ2n) is 4.63. The number of aryl methyl sites for hydroxylation is 1. The van der Waals surface area contributed by atoms with Crippen molar-refractivity contribution in [2.24, 2.45) is 5.73 Å². The minimum absolute atomic E-state index is 0.00711. The molecule has 2 aromatic rings. The molecule has 1 unspecified atom stereocenters.